The van der Waals surface area contributed by atoms with Crippen LogP contribution in [0.3, 0.4) is 0 Å². The Morgan fingerprint density at radius 3 is 2.59 bits per heavy atom. The summed E-state index contributed by atoms with van der Waals surface area (Å²) in [6, 6.07) is 14.6. The van der Waals surface area contributed by atoms with E-state index in [0.717, 1.165) is 17.5 Å². The highest BCUT2D eigenvalue weighted by Crippen LogP contribution is 2.22. The second-order valence-electron chi connectivity index (χ2n) is 7.79. The first-order valence-corrected chi connectivity index (χ1v) is 9.93. The molecule has 4 nitrogen and oxygen atoms in total. The Balaban J connectivity index is 1.54. The highest BCUT2D eigenvalue weighted by atomic mass is 19.1. The summed E-state index contributed by atoms with van der Waals surface area (Å²) in [5, 5.41) is 0. The zero-order chi connectivity index (χ0) is 20.8. The SMILES string of the molecule is CC(C)Cc1ccc(-c2cnc(CCC(=O)N(C)Cc3cccc(F)c3)o2)cc1. The molecule has 0 N–H and O–H groups in total. The average Bonchev–Trinajstić information content (AvgIpc) is 3.15. The molecule has 2 aromatic carbocycles. The summed E-state index contributed by atoms with van der Waals surface area (Å²) in [4.78, 5) is 18.3. The van der Waals surface area contributed by atoms with E-state index < -0.39 is 0 Å². The molecule has 0 saturated heterocycles. The molecule has 0 fully saturated rings. The fourth-order valence-electron chi connectivity index (χ4n) is 3.24. The van der Waals surface area contributed by atoms with Crippen molar-refractivity contribution in [2.24, 2.45) is 5.92 Å². The summed E-state index contributed by atoms with van der Waals surface area (Å²) in [5.74, 6) is 1.53. The fraction of sp³-hybridized carbons (Fsp3) is 0.333. The highest BCUT2D eigenvalue weighted by molar-refractivity contribution is 5.76. The number of aryl methyl sites for hydroxylation is 1. The van der Waals surface area contributed by atoms with Crippen LogP contribution in [0.15, 0.2) is 59.1 Å². The molecule has 29 heavy (non-hydrogen) atoms. The monoisotopic (exact) mass is 394 g/mol. The van der Waals surface area contributed by atoms with Gasteiger partial charge in [0, 0.05) is 32.0 Å². The third-order valence-electron chi connectivity index (χ3n) is 4.72. The molecule has 0 unspecified atom stereocenters. The number of nitrogens with zero attached hydrogens (tertiary/aromatic N) is 2. The van der Waals surface area contributed by atoms with Crippen molar-refractivity contribution < 1.29 is 13.6 Å². The lowest BCUT2D eigenvalue weighted by atomic mass is 10.0. The Kier molecular flexibility index (Phi) is 6.81. The zero-order valence-corrected chi connectivity index (χ0v) is 17.2. The molecule has 0 radical (unpaired) electrons. The largest absolute Gasteiger partial charge is 0.441 e. The minimum absolute atomic E-state index is 0.0351. The van der Waals surface area contributed by atoms with Gasteiger partial charge in [-0.1, -0.05) is 50.2 Å². The maximum atomic E-state index is 13.3. The van der Waals surface area contributed by atoms with Crippen LogP contribution in [0.25, 0.3) is 11.3 Å². The molecule has 0 spiro atoms. The average molecular weight is 394 g/mol. The Bertz CT molecular complexity index is 948. The number of amides is 1. The molecule has 3 aromatic rings. The molecule has 152 valence electrons. The summed E-state index contributed by atoms with van der Waals surface area (Å²) in [6.07, 6.45) is 3.47. The summed E-state index contributed by atoms with van der Waals surface area (Å²) >= 11 is 0. The second kappa shape index (κ2) is 9.50. The Morgan fingerprint density at radius 2 is 1.90 bits per heavy atom. The van der Waals surface area contributed by atoms with E-state index >= 15 is 0 Å². The maximum Gasteiger partial charge on any atom is 0.223 e. The smallest absolute Gasteiger partial charge is 0.223 e. The number of oxazole rings is 1. The van der Waals surface area contributed by atoms with E-state index in [1.165, 1.54) is 17.7 Å². The van der Waals surface area contributed by atoms with Gasteiger partial charge < -0.3 is 9.32 Å². The van der Waals surface area contributed by atoms with E-state index in [1.54, 1.807) is 30.3 Å². The van der Waals surface area contributed by atoms with E-state index in [1.807, 2.05) is 12.1 Å². The van der Waals surface area contributed by atoms with E-state index in [9.17, 15) is 9.18 Å². The van der Waals surface area contributed by atoms with Crippen LogP contribution in [0.4, 0.5) is 4.39 Å². The molecule has 1 heterocycles. The first-order chi connectivity index (χ1) is 13.9. The van der Waals surface area contributed by atoms with E-state index in [4.69, 9.17) is 4.42 Å². The van der Waals surface area contributed by atoms with Crippen LogP contribution in [-0.2, 0) is 24.2 Å². The van der Waals surface area contributed by atoms with E-state index in [-0.39, 0.29) is 11.7 Å². The van der Waals surface area contributed by atoms with E-state index in [0.29, 0.717) is 37.0 Å². The number of hydrogen-bond donors (Lipinski definition) is 0. The Morgan fingerprint density at radius 1 is 1.14 bits per heavy atom. The van der Waals surface area contributed by atoms with Crippen molar-refractivity contribution in [1.82, 2.24) is 9.88 Å². The van der Waals surface area contributed by atoms with Crippen molar-refractivity contribution >= 4 is 5.91 Å². The van der Waals surface area contributed by atoms with Gasteiger partial charge in [0.25, 0.3) is 0 Å². The normalized spacial score (nSPS) is 11.1. The number of hydrogen-bond acceptors (Lipinski definition) is 3. The van der Waals surface area contributed by atoms with Crippen LogP contribution in [-0.4, -0.2) is 22.8 Å². The molecule has 0 aliphatic carbocycles. The number of rotatable bonds is 8. The van der Waals surface area contributed by atoms with Crippen molar-refractivity contribution in [3.63, 3.8) is 0 Å². The van der Waals surface area contributed by atoms with Gasteiger partial charge in [-0.3, -0.25) is 4.79 Å². The maximum absolute atomic E-state index is 13.3. The summed E-state index contributed by atoms with van der Waals surface area (Å²) in [6.45, 7) is 4.77. The molecule has 0 aliphatic rings. The third kappa shape index (κ3) is 6.01. The molecular weight excluding hydrogens is 367 g/mol. The van der Waals surface area contributed by atoms with Crippen molar-refractivity contribution in [3.05, 3.63) is 77.6 Å². The van der Waals surface area contributed by atoms with Crippen molar-refractivity contribution in [2.45, 2.75) is 39.7 Å². The van der Waals surface area contributed by atoms with Gasteiger partial charge in [-0.25, -0.2) is 9.37 Å². The number of aromatic nitrogens is 1. The van der Waals surface area contributed by atoms with Crippen molar-refractivity contribution in [2.75, 3.05) is 7.05 Å². The Hall–Kier alpha value is -2.95. The zero-order valence-electron chi connectivity index (χ0n) is 17.2. The minimum atomic E-state index is -0.298. The molecule has 0 aliphatic heterocycles. The lowest BCUT2D eigenvalue weighted by molar-refractivity contribution is -0.130. The van der Waals surface area contributed by atoms with Gasteiger partial charge in [0.15, 0.2) is 11.7 Å². The molecule has 3 rings (SSSR count). The van der Waals surface area contributed by atoms with Gasteiger partial charge in [0.1, 0.15) is 5.82 Å². The molecule has 1 aromatic heterocycles. The lowest BCUT2D eigenvalue weighted by Crippen LogP contribution is -2.26. The topological polar surface area (TPSA) is 46.3 Å². The van der Waals surface area contributed by atoms with Crippen molar-refractivity contribution in [1.29, 1.82) is 0 Å². The van der Waals surface area contributed by atoms with Crippen LogP contribution in [0, 0.1) is 11.7 Å². The molecule has 0 saturated carbocycles. The van der Waals surface area contributed by atoms with Crippen LogP contribution in [0.1, 0.15) is 37.3 Å². The Labute approximate surface area is 171 Å². The van der Waals surface area contributed by atoms with E-state index in [2.05, 4.69) is 31.0 Å². The standard InChI is InChI=1S/C24H27FN2O2/c1-17(2)13-18-7-9-20(10-8-18)22-15-26-23(29-22)11-12-24(28)27(3)16-19-5-4-6-21(25)14-19/h4-10,14-15,17H,11-13,16H2,1-3H3. The van der Waals surface area contributed by atoms with Gasteiger partial charge in [0.05, 0.1) is 6.20 Å². The van der Waals surface area contributed by atoms with Crippen LogP contribution in [0.2, 0.25) is 0 Å². The van der Waals surface area contributed by atoms with Crippen molar-refractivity contribution in [3.8, 4) is 11.3 Å². The minimum Gasteiger partial charge on any atom is -0.441 e. The summed E-state index contributed by atoms with van der Waals surface area (Å²) in [5.41, 5.74) is 3.04. The number of carbonyl (C=O) groups excluding carboxylic acids is 1. The van der Waals surface area contributed by atoms with Crippen LogP contribution in [0.5, 0.6) is 0 Å². The van der Waals surface area contributed by atoms with Gasteiger partial charge in [0.2, 0.25) is 5.91 Å². The van der Waals surface area contributed by atoms with Crippen LogP contribution < -0.4 is 0 Å². The van der Waals surface area contributed by atoms with Crippen LogP contribution >= 0.6 is 0 Å². The van der Waals surface area contributed by atoms with Gasteiger partial charge in [-0.05, 0) is 35.6 Å². The number of carbonyl (C=O) groups is 1. The molecule has 1 amide bonds. The van der Waals surface area contributed by atoms with Gasteiger partial charge >= 0.3 is 0 Å². The first kappa shape index (κ1) is 20.8. The molecule has 5 heteroatoms. The fourth-order valence-corrected chi connectivity index (χ4v) is 3.24. The first-order valence-electron chi connectivity index (χ1n) is 9.93. The molecule has 0 bridgehead atoms. The predicted octanol–water partition coefficient (Wildman–Crippen LogP) is 5.27. The summed E-state index contributed by atoms with van der Waals surface area (Å²) in [7, 11) is 1.72. The summed E-state index contributed by atoms with van der Waals surface area (Å²) < 4.78 is 19.1. The lowest BCUT2D eigenvalue weighted by Gasteiger charge is -2.16. The van der Waals surface area contributed by atoms with Gasteiger partial charge in [-0.15, -0.1) is 0 Å². The highest BCUT2D eigenvalue weighted by Gasteiger charge is 2.13. The molecular formula is C24H27FN2O2. The second-order valence-corrected chi connectivity index (χ2v) is 7.79. The third-order valence-corrected chi connectivity index (χ3v) is 4.72. The number of halogens is 1. The predicted molar refractivity (Wildman–Crippen MR) is 112 cm³/mol. The quantitative estimate of drug-likeness (QED) is 0.523. The number of benzene rings is 2. The van der Waals surface area contributed by atoms with Gasteiger partial charge in [-0.2, -0.15) is 0 Å². The molecule has 0 atom stereocenters.